The van der Waals surface area contributed by atoms with Crippen molar-refractivity contribution in [3.05, 3.63) is 69.3 Å². The molecule has 0 atom stereocenters. The number of hydrogen-bond donors (Lipinski definition) is 1. The smallest absolute Gasteiger partial charge is 0.0693 e. The van der Waals surface area contributed by atoms with Crippen LogP contribution in [0.25, 0.3) is 44.4 Å². The van der Waals surface area contributed by atoms with E-state index in [0.29, 0.717) is 0 Å². The van der Waals surface area contributed by atoms with Crippen molar-refractivity contribution in [3.63, 3.8) is 0 Å². The van der Waals surface area contributed by atoms with Gasteiger partial charge in [-0.05, 0) is 96.9 Å². The first-order valence-electron chi connectivity index (χ1n) is 15.6. The second-order valence-corrected chi connectivity index (χ2v) is 10.8. The summed E-state index contributed by atoms with van der Waals surface area (Å²) in [5.74, 6) is 0. The maximum Gasteiger partial charge on any atom is 0.0693 e. The van der Waals surface area contributed by atoms with Gasteiger partial charge in [-0.1, -0.05) is 78.6 Å². The van der Waals surface area contributed by atoms with Crippen LogP contribution in [0.5, 0.6) is 0 Å². The molecule has 2 aliphatic heterocycles. The van der Waals surface area contributed by atoms with Gasteiger partial charge in [0.15, 0.2) is 0 Å². The molecule has 0 amide bonds. The molecule has 2 aliphatic rings. The molecule has 0 aliphatic carbocycles. The van der Waals surface area contributed by atoms with Gasteiger partial charge in [-0.2, -0.15) is 0 Å². The van der Waals surface area contributed by atoms with Gasteiger partial charge in [-0.25, -0.2) is 9.97 Å². The second kappa shape index (κ2) is 13.1. The standard InChI is InChI=1S/C36H45N4.Pt/c1-9-21-22(10-2)30-18-32-25(13-5)26(14-6)34(39-32)20-36-28(16-8)27(15-7)35(40-36)19-33-24(12-4)23(11-3)31(38-33)17-29(21)37-30;/h17-20,37H,9-16H2,1-8H3;/q-1;. The molecule has 5 rings (SSSR count). The molecule has 3 aromatic rings. The molecule has 220 valence electrons. The van der Waals surface area contributed by atoms with Gasteiger partial charge in [0.1, 0.15) is 0 Å². The fraction of sp³-hybridized carbons (Fsp3) is 0.444. The van der Waals surface area contributed by atoms with E-state index in [-0.39, 0.29) is 21.1 Å². The summed E-state index contributed by atoms with van der Waals surface area (Å²) < 4.78 is 0. The Balaban J connectivity index is 0.00000387. The van der Waals surface area contributed by atoms with E-state index in [0.717, 1.165) is 85.2 Å². The number of hydrogen-bond acceptors (Lipinski definition) is 2. The van der Waals surface area contributed by atoms with Gasteiger partial charge in [0, 0.05) is 32.1 Å². The largest absolute Gasteiger partial charge is 0.657 e. The van der Waals surface area contributed by atoms with Crippen LogP contribution in [0.2, 0.25) is 0 Å². The van der Waals surface area contributed by atoms with Gasteiger partial charge < -0.3 is 9.97 Å². The third kappa shape index (κ3) is 5.34. The van der Waals surface area contributed by atoms with Crippen molar-refractivity contribution in [2.45, 2.75) is 107 Å². The van der Waals surface area contributed by atoms with Crippen molar-refractivity contribution in [1.29, 1.82) is 0 Å². The predicted molar refractivity (Wildman–Crippen MR) is 172 cm³/mol. The number of aromatic nitrogens is 4. The molecule has 4 nitrogen and oxygen atoms in total. The number of nitrogens with one attached hydrogen (secondary N) is 1. The van der Waals surface area contributed by atoms with Crippen LogP contribution in [0.15, 0.2) is 24.3 Å². The predicted octanol–water partition coefficient (Wildman–Crippen LogP) is 9.65. The number of aromatic amines is 1. The Morgan fingerprint density at radius 2 is 0.780 bits per heavy atom. The summed E-state index contributed by atoms with van der Waals surface area (Å²) in [6.07, 6.45) is 7.72. The number of allylic oxidation sites excluding steroid dienone is 4. The van der Waals surface area contributed by atoms with Crippen molar-refractivity contribution in [1.82, 2.24) is 19.9 Å². The van der Waals surface area contributed by atoms with Crippen LogP contribution in [0, 0.1) is 0 Å². The maximum absolute atomic E-state index is 5.27. The summed E-state index contributed by atoms with van der Waals surface area (Å²) in [6, 6.07) is 9.11. The zero-order chi connectivity index (χ0) is 28.6. The van der Waals surface area contributed by atoms with Crippen molar-refractivity contribution in [3.8, 4) is 0 Å². The molecule has 0 aromatic carbocycles. The Hall–Kier alpha value is -2.71. The van der Waals surface area contributed by atoms with E-state index >= 15 is 0 Å². The fourth-order valence-electron chi connectivity index (χ4n) is 7.01. The molecule has 41 heavy (non-hydrogen) atoms. The molecule has 0 spiro atoms. The molecule has 5 heteroatoms. The zero-order valence-corrected chi connectivity index (χ0v) is 28.4. The molecule has 0 saturated carbocycles. The summed E-state index contributed by atoms with van der Waals surface area (Å²) in [5, 5.41) is 0. The van der Waals surface area contributed by atoms with E-state index in [4.69, 9.17) is 15.0 Å². The van der Waals surface area contributed by atoms with Crippen LogP contribution in [-0.2, 0) is 46.7 Å². The van der Waals surface area contributed by atoms with Crippen molar-refractivity contribution in [2.75, 3.05) is 0 Å². The monoisotopic (exact) mass is 728 g/mol. The van der Waals surface area contributed by atoms with Crippen molar-refractivity contribution < 1.29 is 21.1 Å². The van der Waals surface area contributed by atoms with Gasteiger partial charge in [-0.3, -0.25) is 0 Å². The Kier molecular flexibility index (Phi) is 9.96. The fourth-order valence-corrected chi connectivity index (χ4v) is 7.01. The normalized spacial score (nSPS) is 13.3. The molecule has 1 N–H and O–H groups in total. The average molecular weight is 729 g/mol. The Morgan fingerprint density at radius 3 is 1.07 bits per heavy atom. The summed E-state index contributed by atoms with van der Waals surface area (Å²) in [4.78, 5) is 19.6. The third-order valence-corrected chi connectivity index (χ3v) is 8.89. The molecule has 5 heterocycles. The van der Waals surface area contributed by atoms with Crippen molar-refractivity contribution in [2.24, 2.45) is 0 Å². The van der Waals surface area contributed by atoms with Crippen LogP contribution in [0.4, 0.5) is 0 Å². The quantitative estimate of drug-likeness (QED) is 0.252. The van der Waals surface area contributed by atoms with Crippen LogP contribution in [0.3, 0.4) is 0 Å². The van der Waals surface area contributed by atoms with Crippen LogP contribution in [0.1, 0.15) is 126 Å². The first-order valence-corrected chi connectivity index (χ1v) is 15.6. The molecule has 8 bridgehead atoms. The minimum absolute atomic E-state index is 0. The minimum Gasteiger partial charge on any atom is -0.657 e. The van der Waals surface area contributed by atoms with Gasteiger partial charge in [0.2, 0.25) is 0 Å². The maximum atomic E-state index is 5.27. The summed E-state index contributed by atoms with van der Waals surface area (Å²) in [5.41, 5.74) is 19.7. The van der Waals surface area contributed by atoms with E-state index in [1.165, 1.54) is 55.6 Å². The minimum atomic E-state index is 0. The number of fused-ring (bicyclic) bond motifs is 8. The van der Waals surface area contributed by atoms with Gasteiger partial charge in [0.25, 0.3) is 0 Å². The molecule has 0 fully saturated rings. The number of rotatable bonds is 8. The van der Waals surface area contributed by atoms with Crippen LogP contribution < -0.4 is 4.98 Å². The first kappa shape index (κ1) is 31.2. The SMILES string of the molecule is CCC1=C(CC)c2cc3[nH]c(cc4nc(cc5[n-]c(cc1n2)c(CC)c5CC)C(CC)=C4CC)c(CC)c3CC.[Pt]. The molecule has 3 aromatic heterocycles. The van der Waals surface area contributed by atoms with E-state index in [2.05, 4.69) is 84.6 Å². The van der Waals surface area contributed by atoms with Gasteiger partial charge in [-0.15, -0.1) is 11.0 Å². The van der Waals surface area contributed by atoms with E-state index < -0.39 is 0 Å². The molecular formula is C36H45N4Pt-. The summed E-state index contributed by atoms with van der Waals surface area (Å²) in [7, 11) is 0. The molecule has 0 unspecified atom stereocenters. The Bertz CT molecular complexity index is 1440. The number of H-pyrrole nitrogens is 1. The molecule has 0 saturated heterocycles. The zero-order valence-electron chi connectivity index (χ0n) is 26.1. The van der Waals surface area contributed by atoms with E-state index in [1.54, 1.807) is 0 Å². The third-order valence-electron chi connectivity index (χ3n) is 8.89. The average Bonchev–Trinajstić information content (AvgIpc) is 3.67. The first-order chi connectivity index (χ1) is 19.5. The van der Waals surface area contributed by atoms with Crippen LogP contribution >= 0.6 is 0 Å². The molecule has 0 radical (unpaired) electrons. The molecular weight excluding hydrogens is 684 g/mol. The summed E-state index contributed by atoms with van der Waals surface area (Å²) >= 11 is 0. The van der Waals surface area contributed by atoms with E-state index in [1.807, 2.05) is 0 Å². The number of aryl methyl sites for hydroxylation is 4. The second-order valence-electron chi connectivity index (χ2n) is 10.8. The van der Waals surface area contributed by atoms with E-state index in [9.17, 15) is 0 Å². The number of nitrogens with zero attached hydrogens (tertiary/aromatic N) is 3. The topological polar surface area (TPSA) is 55.7 Å². The van der Waals surface area contributed by atoms with Crippen LogP contribution in [-0.4, -0.2) is 15.0 Å². The Morgan fingerprint density at radius 1 is 0.463 bits per heavy atom. The Labute approximate surface area is 260 Å². The van der Waals surface area contributed by atoms with Gasteiger partial charge >= 0.3 is 0 Å². The van der Waals surface area contributed by atoms with Crippen molar-refractivity contribution >= 4 is 44.4 Å². The van der Waals surface area contributed by atoms with Gasteiger partial charge in [0.05, 0.1) is 22.8 Å². The summed E-state index contributed by atoms with van der Waals surface area (Å²) in [6.45, 7) is 18.0.